The number of nitrogens with zero attached hydrogens (tertiary/aromatic N) is 2. The summed E-state index contributed by atoms with van der Waals surface area (Å²) < 4.78 is 14.4. The molecular formula is C22H32N2O5S. The zero-order valence-electron chi connectivity index (χ0n) is 19.0. The molecule has 30 heavy (non-hydrogen) atoms. The first kappa shape index (κ1) is 27.5. The SMILES string of the molecule is C[N+](C)(C)C.C[N+](C)(C)C.O=C([O-])c1ccccc1S(=O)c1ccccc1C(=O)[O-]. The fourth-order valence-corrected chi connectivity index (χ4v) is 3.06. The summed E-state index contributed by atoms with van der Waals surface area (Å²) >= 11 is 0. The number of carboxylic acid groups (broad SMARTS) is 2. The number of benzene rings is 2. The molecule has 8 heteroatoms. The van der Waals surface area contributed by atoms with Gasteiger partial charge >= 0.3 is 0 Å². The van der Waals surface area contributed by atoms with Crippen LogP contribution in [0, 0.1) is 0 Å². The highest BCUT2D eigenvalue weighted by atomic mass is 32.2. The summed E-state index contributed by atoms with van der Waals surface area (Å²) in [7, 11) is 15.0. The van der Waals surface area contributed by atoms with Crippen LogP contribution >= 0.6 is 0 Å². The molecule has 2 aromatic carbocycles. The smallest absolute Gasteiger partial charge is 0.0863 e. The Kier molecular flexibility index (Phi) is 10.6. The highest BCUT2D eigenvalue weighted by Gasteiger charge is 2.15. The molecule has 0 aliphatic heterocycles. The quantitative estimate of drug-likeness (QED) is 0.639. The van der Waals surface area contributed by atoms with Gasteiger partial charge in [0.1, 0.15) is 0 Å². The van der Waals surface area contributed by atoms with Crippen molar-refractivity contribution in [1.82, 2.24) is 0 Å². The number of carbonyl (C=O) groups excluding carboxylic acids is 2. The van der Waals surface area contributed by atoms with E-state index in [0.29, 0.717) is 0 Å². The van der Waals surface area contributed by atoms with Crippen LogP contribution in [0.25, 0.3) is 0 Å². The number of hydrogen-bond donors (Lipinski definition) is 0. The molecule has 0 radical (unpaired) electrons. The third kappa shape index (κ3) is 12.1. The third-order valence-electron chi connectivity index (χ3n) is 2.61. The molecule has 0 N–H and O–H groups in total. The topological polar surface area (TPSA) is 97.3 Å². The van der Waals surface area contributed by atoms with Gasteiger partial charge in [-0.2, -0.15) is 0 Å². The van der Waals surface area contributed by atoms with Crippen LogP contribution < -0.4 is 10.2 Å². The van der Waals surface area contributed by atoms with Crippen molar-refractivity contribution in [1.29, 1.82) is 0 Å². The standard InChI is InChI=1S/C14H10O5S.2C4H12N/c15-13(16)9-5-1-3-7-11(9)20(19)12-8-4-2-6-10(12)14(17)18;2*1-5(2,3)4/h1-8H,(H,15,16)(H,17,18);2*1-4H3/q;2*+1/p-2. The van der Waals surface area contributed by atoms with Crippen LogP contribution in [0.5, 0.6) is 0 Å². The van der Waals surface area contributed by atoms with Crippen molar-refractivity contribution in [3.8, 4) is 0 Å². The molecule has 7 nitrogen and oxygen atoms in total. The minimum absolute atomic E-state index is 0.0128. The predicted octanol–water partition coefficient (Wildman–Crippen LogP) is 0.225. The molecule has 0 saturated heterocycles. The summed E-state index contributed by atoms with van der Waals surface area (Å²) in [5.41, 5.74) is -0.474. The monoisotopic (exact) mass is 436 g/mol. The van der Waals surface area contributed by atoms with Crippen molar-refractivity contribution in [2.24, 2.45) is 0 Å². The molecule has 0 amide bonds. The first-order valence-electron chi connectivity index (χ1n) is 9.12. The van der Waals surface area contributed by atoms with Gasteiger partial charge in [0.25, 0.3) is 0 Å². The average Bonchev–Trinajstić information content (AvgIpc) is 2.58. The Bertz CT molecular complexity index is 800. The van der Waals surface area contributed by atoms with Gasteiger partial charge in [-0.05, 0) is 12.1 Å². The highest BCUT2D eigenvalue weighted by Crippen LogP contribution is 2.22. The maximum Gasteiger partial charge on any atom is 0.0863 e. The predicted molar refractivity (Wildman–Crippen MR) is 114 cm³/mol. The summed E-state index contributed by atoms with van der Waals surface area (Å²) in [6.45, 7) is 0. The van der Waals surface area contributed by atoms with Crippen molar-refractivity contribution in [2.45, 2.75) is 9.79 Å². The fraction of sp³-hybridized carbons (Fsp3) is 0.364. The molecule has 0 spiro atoms. The van der Waals surface area contributed by atoms with Gasteiger partial charge in [0.05, 0.1) is 88.9 Å². The van der Waals surface area contributed by atoms with E-state index >= 15 is 0 Å². The van der Waals surface area contributed by atoms with E-state index in [-0.39, 0.29) is 20.9 Å². The Morgan fingerprint density at radius 3 is 1.10 bits per heavy atom. The van der Waals surface area contributed by atoms with Crippen LogP contribution in [-0.4, -0.2) is 81.5 Å². The number of quaternary nitrogens is 2. The van der Waals surface area contributed by atoms with E-state index in [1.165, 1.54) is 48.5 Å². The van der Waals surface area contributed by atoms with Gasteiger partial charge in [-0.1, -0.05) is 36.4 Å². The molecule has 0 fully saturated rings. The van der Waals surface area contributed by atoms with Crippen LogP contribution in [0.3, 0.4) is 0 Å². The van der Waals surface area contributed by atoms with Crippen LogP contribution in [0.2, 0.25) is 0 Å². The number of carbonyl (C=O) groups is 2. The molecule has 0 unspecified atom stereocenters. The second-order valence-corrected chi connectivity index (χ2v) is 10.6. The van der Waals surface area contributed by atoms with E-state index < -0.39 is 22.7 Å². The van der Waals surface area contributed by atoms with Crippen molar-refractivity contribution in [3.63, 3.8) is 0 Å². The lowest BCUT2D eigenvalue weighted by molar-refractivity contribution is -0.849. The molecule has 0 aliphatic rings. The van der Waals surface area contributed by atoms with E-state index in [1.807, 2.05) is 0 Å². The van der Waals surface area contributed by atoms with Gasteiger partial charge in [0.2, 0.25) is 0 Å². The number of carboxylic acids is 2. The molecule has 2 aromatic rings. The summed E-state index contributed by atoms with van der Waals surface area (Å²) in [5.74, 6) is -2.94. The normalized spacial score (nSPS) is 11.0. The number of hydrogen-bond acceptors (Lipinski definition) is 5. The van der Waals surface area contributed by atoms with E-state index in [0.717, 1.165) is 8.97 Å². The third-order valence-corrected chi connectivity index (χ3v) is 4.12. The van der Waals surface area contributed by atoms with Crippen molar-refractivity contribution in [2.75, 3.05) is 56.4 Å². The largest absolute Gasteiger partial charge is 0.545 e. The Morgan fingerprint density at radius 2 is 0.867 bits per heavy atom. The molecule has 0 heterocycles. The van der Waals surface area contributed by atoms with Gasteiger partial charge in [-0.25, -0.2) is 4.21 Å². The molecule has 0 atom stereocenters. The maximum atomic E-state index is 12.4. The molecule has 166 valence electrons. The Hall–Kier alpha value is -2.55. The minimum Gasteiger partial charge on any atom is -0.545 e. The first-order chi connectivity index (χ1) is 13.5. The van der Waals surface area contributed by atoms with E-state index in [2.05, 4.69) is 56.4 Å². The molecule has 0 bridgehead atoms. The number of aromatic carboxylic acids is 2. The van der Waals surface area contributed by atoms with Gasteiger partial charge in [-0.15, -0.1) is 0 Å². The van der Waals surface area contributed by atoms with E-state index in [4.69, 9.17) is 0 Å². The lowest BCUT2D eigenvalue weighted by Crippen LogP contribution is -2.27. The van der Waals surface area contributed by atoms with Crippen LogP contribution in [0.15, 0.2) is 58.3 Å². The Morgan fingerprint density at radius 1 is 0.633 bits per heavy atom. The molecule has 0 saturated carbocycles. The zero-order chi connectivity index (χ0) is 23.7. The van der Waals surface area contributed by atoms with Gasteiger partial charge < -0.3 is 28.8 Å². The molecular weight excluding hydrogens is 404 g/mol. The average molecular weight is 437 g/mol. The van der Waals surface area contributed by atoms with E-state index in [9.17, 15) is 24.0 Å². The second kappa shape index (κ2) is 11.6. The van der Waals surface area contributed by atoms with E-state index in [1.54, 1.807) is 0 Å². The summed E-state index contributed by atoms with van der Waals surface area (Å²) in [6.07, 6.45) is 0. The van der Waals surface area contributed by atoms with Gasteiger partial charge in [0.15, 0.2) is 0 Å². The zero-order valence-corrected chi connectivity index (χ0v) is 19.8. The highest BCUT2D eigenvalue weighted by molar-refractivity contribution is 7.85. The second-order valence-electron chi connectivity index (χ2n) is 9.20. The minimum atomic E-state index is -1.95. The summed E-state index contributed by atoms with van der Waals surface area (Å²) in [6, 6.07) is 11.2. The lowest BCUT2D eigenvalue weighted by atomic mass is 10.2. The van der Waals surface area contributed by atoms with Crippen LogP contribution in [-0.2, 0) is 10.8 Å². The lowest BCUT2D eigenvalue weighted by Gasteiger charge is -2.14. The van der Waals surface area contributed by atoms with Gasteiger partial charge in [-0.3, -0.25) is 0 Å². The van der Waals surface area contributed by atoms with Gasteiger partial charge in [0, 0.05) is 11.1 Å². The van der Waals surface area contributed by atoms with Crippen molar-refractivity contribution >= 4 is 22.7 Å². The van der Waals surface area contributed by atoms with Crippen LogP contribution in [0.1, 0.15) is 20.7 Å². The fourth-order valence-electron chi connectivity index (χ4n) is 1.71. The Balaban J connectivity index is 0.000000702. The van der Waals surface area contributed by atoms with Crippen molar-refractivity contribution in [3.05, 3.63) is 59.7 Å². The summed E-state index contributed by atoms with van der Waals surface area (Å²) in [4.78, 5) is 22.0. The first-order valence-corrected chi connectivity index (χ1v) is 10.3. The molecule has 0 aromatic heterocycles. The molecule has 0 aliphatic carbocycles. The van der Waals surface area contributed by atoms with Crippen LogP contribution in [0.4, 0.5) is 0 Å². The maximum absolute atomic E-state index is 12.4. The Labute approximate surface area is 181 Å². The van der Waals surface area contributed by atoms with Crippen molar-refractivity contribution < 1.29 is 33.0 Å². The molecule has 2 rings (SSSR count). The summed E-state index contributed by atoms with van der Waals surface area (Å²) in [5, 5.41) is 22.0. The number of rotatable bonds is 4.